The van der Waals surface area contributed by atoms with Crippen molar-refractivity contribution >= 4 is 28.4 Å². The molecule has 2 heterocycles. The van der Waals surface area contributed by atoms with Gasteiger partial charge in [0.05, 0.1) is 10.9 Å². The first-order valence-electron chi connectivity index (χ1n) is 11.8. The number of ketones is 1. The van der Waals surface area contributed by atoms with Crippen LogP contribution in [0.4, 0.5) is 0 Å². The molecule has 1 fully saturated rings. The van der Waals surface area contributed by atoms with Gasteiger partial charge in [0, 0.05) is 24.2 Å². The van der Waals surface area contributed by atoms with Gasteiger partial charge in [-0.2, -0.15) is 0 Å². The standard InChI is InChI=1S/C26H27N5O4/c1-15-8-9-16(2)20(12-15)22(32)14-30-26(35)31-21-13-17(23(33)27-18-6-4-5-7-18)10-11-19(21)24(34)29(3)25(31)28-30/h8-13,18H,4-7,14H2,1-3H3,(H,27,33). The predicted molar refractivity (Wildman–Crippen MR) is 132 cm³/mol. The molecule has 1 saturated carbocycles. The molecule has 5 rings (SSSR count). The van der Waals surface area contributed by atoms with Crippen molar-refractivity contribution in [2.45, 2.75) is 52.1 Å². The maximum atomic E-state index is 13.4. The first kappa shape index (κ1) is 22.8. The molecule has 1 aliphatic carbocycles. The normalized spacial score (nSPS) is 14.1. The number of fused-ring (bicyclic) bond motifs is 3. The molecular weight excluding hydrogens is 446 g/mol. The van der Waals surface area contributed by atoms with Crippen LogP contribution in [0.25, 0.3) is 16.7 Å². The highest BCUT2D eigenvalue weighted by molar-refractivity contribution is 5.98. The van der Waals surface area contributed by atoms with Crippen molar-refractivity contribution in [3.8, 4) is 0 Å². The number of Topliss-reactive ketones (excluding diaryl/α,β-unsaturated/α-hetero) is 1. The fourth-order valence-electron chi connectivity index (χ4n) is 4.83. The first-order chi connectivity index (χ1) is 16.7. The fraction of sp³-hybridized carbons (Fsp3) is 0.346. The van der Waals surface area contributed by atoms with Crippen molar-refractivity contribution in [3.63, 3.8) is 0 Å². The topological polar surface area (TPSA) is 107 Å². The lowest BCUT2D eigenvalue weighted by atomic mass is 10.0. The van der Waals surface area contributed by atoms with Crippen LogP contribution in [-0.4, -0.2) is 36.5 Å². The summed E-state index contributed by atoms with van der Waals surface area (Å²) in [5.41, 5.74) is 2.05. The Kier molecular flexibility index (Phi) is 5.62. The number of nitrogens with one attached hydrogen (secondary N) is 1. The molecule has 0 spiro atoms. The van der Waals surface area contributed by atoms with Gasteiger partial charge in [-0.1, -0.05) is 30.5 Å². The summed E-state index contributed by atoms with van der Waals surface area (Å²) in [5, 5.41) is 7.63. The van der Waals surface area contributed by atoms with Crippen LogP contribution in [0, 0.1) is 13.8 Å². The molecule has 0 radical (unpaired) electrons. The highest BCUT2D eigenvalue weighted by Crippen LogP contribution is 2.19. The summed E-state index contributed by atoms with van der Waals surface area (Å²) in [7, 11) is 1.53. The predicted octanol–water partition coefficient (Wildman–Crippen LogP) is 2.52. The van der Waals surface area contributed by atoms with Crippen LogP contribution in [-0.2, 0) is 13.6 Å². The van der Waals surface area contributed by atoms with Crippen LogP contribution >= 0.6 is 0 Å². The second-order valence-corrected chi connectivity index (χ2v) is 9.37. The minimum Gasteiger partial charge on any atom is -0.349 e. The molecule has 9 heteroatoms. The maximum absolute atomic E-state index is 13.4. The van der Waals surface area contributed by atoms with Crippen LogP contribution in [0.15, 0.2) is 46.0 Å². The zero-order valence-corrected chi connectivity index (χ0v) is 20.0. The molecule has 0 saturated heterocycles. The molecule has 35 heavy (non-hydrogen) atoms. The highest BCUT2D eigenvalue weighted by Gasteiger charge is 2.21. The van der Waals surface area contributed by atoms with E-state index < -0.39 is 5.69 Å². The molecule has 0 unspecified atom stereocenters. The average molecular weight is 474 g/mol. The monoisotopic (exact) mass is 473 g/mol. The van der Waals surface area contributed by atoms with Gasteiger partial charge >= 0.3 is 5.69 Å². The number of benzene rings is 2. The Labute approximate surface area is 201 Å². The molecule has 1 N–H and O–H groups in total. The Bertz CT molecular complexity index is 1620. The maximum Gasteiger partial charge on any atom is 0.352 e. The molecular formula is C26H27N5O4. The number of aryl methyl sites for hydroxylation is 3. The minimum atomic E-state index is -0.549. The molecule has 1 amide bonds. The zero-order valence-electron chi connectivity index (χ0n) is 20.0. The van der Waals surface area contributed by atoms with E-state index in [2.05, 4.69) is 10.4 Å². The summed E-state index contributed by atoms with van der Waals surface area (Å²) in [6, 6.07) is 10.4. The van der Waals surface area contributed by atoms with Crippen molar-refractivity contribution < 1.29 is 9.59 Å². The third-order valence-corrected chi connectivity index (χ3v) is 6.84. The van der Waals surface area contributed by atoms with Crippen LogP contribution in [0.1, 0.15) is 57.5 Å². The van der Waals surface area contributed by atoms with Gasteiger partial charge in [0.25, 0.3) is 11.5 Å². The molecule has 2 aromatic heterocycles. The lowest BCUT2D eigenvalue weighted by molar-refractivity contribution is 0.0935. The van der Waals surface area contributed by atoms with E-state index in [0.717, 1.165) is 41.5 Å². The Balaban J connectivity index is 1.60. The number of hydrogen-bond acceptors (Lipinski definition) is 5. The van der Waals surface area contributed by atoms with E-state index in [4.69, 9.17) is 0 Å². The van der Waals surface area contributed by atoms with E-state index in [1.54, 1.807) is 24.3 Å². The van der Waals surface area contributed by atoms with Crippen LogP contribution in [0.5, 0.6) is 0 Å². The first-order valence-corrected chi connectivity index (χ1v) is 11.8. The molecule has 180 valence electrons. The lowest BCUT2D eigenvalue weighted by Gasteiger charge is -2.12. The third-order valence-electron chi connectivity index (χ3n) is 6.84. The number of hydrogen-bond donors (Lipinski definition) is 1. The molecule has 4 aromatic rings. The number of rotatable bonds is 5. The van der Waals surface area contributed by atoms with Crippen molar-refractivity contribution in [1.29, 1.82) is 0 Å². The molecule has 0 atom stereocenters. The SMILES string of the molecule is Cc1ccc(C)c(C(=O)Cn2nc3n(C)c(=O)c4ccc(C(=O)NC5CCCC5)cc4n3c2=O)c1. The smallest absolute Gasteiger partial charge is 0.349 e. The summed E-state index contributed by atoms with van der Waals surface area (Å²) in [6.45, 7) is 3.48. The Hall–Kier alpha value is -4.01. The number of carbonyl (C=O) groups excluding carboxylic acids is 2. The van der Waals surface area contributed by atoms with E-state index in [-0.39, 0.29) is 41.1 Å². The van der Waals surface area contributed by atoms with E-state index in [0.29, 0.717) is 16.5 Å². The summed E-state index contributed by atoms with van der Waals surface area (Å²) < 4.78 is 3.64. The molecule has 0 bridgehead atoms. The van der Waals surface area contributed by atoms with Gasteiger partial charge in [-0.3, -0.25) is 19.0 Å². The van der Waals surface area contributed by atoms with Crippen molar-refractivity contribution in [1.82, 2.24) is 24.1 Å². The molecule has 9 nitrogen and oxygen atoms in total. The van der Waals surface area contributed by atoms with Crippen LogP contribution < -0.4 is 16.6 Å². The van der Waals surface area contributed by atoms with E-state index in [1.807, 2.05) is 26.0 Å². The number of nitrogens with zero attached hydrogens (tertiary/aromatic N) is 4. The van der Waals surface area contributed by atoms with Gasteiger partial charge in [0.2, 0.25) is 5.78 Å². The molecule has 1 aliphatic rings. The number of carbonyl (C=O) groups is 2. The van der Waals surface area contributed by atoms with Crippen LogP contribution in [0.2, 0.25) is 0 Å². The number of aromatic nitrogens is 4. The molecule has 0 aliphatic heterocycles. The second-order valence-electron chi connectivity index (χ2n) is 9.37. The highest BCUT2D eigenvalue weighted by atomic mass is 16.2. The van der Waals surface area contributed by atoms with Gasteiger partial charge in [0.1, 0.15) is 6.54 Å². The van der Waals surface area contributed by atoms with Gasteiger partial charge in [-0.05, 0) is 56.5 Å². The Morgan fingerprint density at radius 1 is 1.06 bits per heavy atom. The van der Waals surface area contributed by atoms with Gasteiger partial charge < -0.3 is 5.32 Å². The lowest BCUT2D eigenvalue weighted by Crippen LogP contribution is -2.32. The Morgan fingerprint density at radius 2 is 1.80 bits per heavy atom. The van der Waals surface area contributed by atoms with E-state index >= 15 is 0 Å². The van der Waals surface area contributed by atoms with Crippen molar-refractivity contribution in [2.75, 3.05) is 0 Å². The van der Waals surface area contributed by atoms with E-state index in [9.17, 15) is 19.2 Å². The third kappa shape index (κ3) is 3.96. The summed E-state index contributed by atoms with van der Waals surface area (Å²) >= 11 is 0. The van der Waals surface area contributed by atoms with Crippen LogP contribution in [0.3, 0.4) is 0 Å². The van der Waals surface area contributed by atoms with Gasteiger partial charge in [-0.25, -0.2) is 13.9 Å². The Morgan fingerprint density at radius 3 is 2.54 bits per heavy atom. The largest absolute Gasteiger partial charge is 0.352 e. The van der Waals surface area contributed by atoms with Gasteiger partial charge in [0.15, 0.2) is 5.78 Å². The summed E-state index contributed by atoms with van der Waals surface area (Å²) in [6.07, 6.45) is 4.08. The van der Waals surface area contributed by atoms with E-state index in [1.165, 1.54) is 16.0 Å². The minimum absolute atomic E-state index is 0.106. The quantitative estimate of drug-likeness (QED) is 0.448. The average Bonchev–Trinajstić information content (AvgIpc) is 3.46. The molecule has 2 aromatic carbocycles. The van der Waals surface area contributed by atoms with Gasteiger partial charge in [-0.15, -0.1) is 5.10 Å². The number of amides is 1. The fourth-order valence-corrected chi connectivity index (χ4v) is 4.83. The van der Waals surface area contributed by atoms with Crippen molar-refractivity contribution in [2.24, 2.45) is 7.05 Å². The zero-order chi connectivity index (χ0) is 24.9. The summed E-state index contributed by atoms with van der Waals surface area (Å²) in [4.78, 5) is 52.2. The second kappa shape index (κ2) is 8.65. The van der Waals surface area contributed by atoms with Crippen molar-refractivity contribution in [3.05, 3.63) is 79.5 Å². The summed E-state index contributed by atoms with van der Waals surface area (Å²) in [5.74, 6) is -0.379.